The molecule has 3 N–H and O–H groups in total. The van der Waals surface area contributed by atoms with Gasteiger partial charge in [-0.2, -0.15) is 0 Å². The largest absolute Gasteiger partial charge is 0.480 e. The molecular weight excluding hydrogens is 414 g/mol. The van der Waals surface area contributed by atoms with Crippen molar-refractivity contribution in [3.05, 3.63) is 69.3 Å². The molecule has 0 aliphatic carbocycles. The van der Waals surface area contributed by atoms with Gasteiger partial charge < -0.3 is 10.0 Å². The van der Waals surface area contributed by atoms with Crippen molar-refractivity contribution in [2.24, 2.45) is 5.14 Å². The summed E-state index contributed by atoms with van der Waals surface area (Å²) < 4.78 is 22.9. The minimum Gasteiger partial charge on any atom is -0.480 e. The standard InChI is InChI=1S/C19H19N3O7S/c20-30(28,29)16-3-1-2-12(8-16)4-7-18(23)21-11-14-9-15(22(26)27)6-5-13(14)10-17(21)19(24)25/h1-3,5-6,8-9,17H,4,7,10-11H2,(H,24,25)(H2,20,28,29)/t17-/m0/s1. The Labute approximate surface area is 172 Å². The van der Waals surface area contributed by atoms with Gasteiger partial charge in [0.2, 0.25) is 15.9 Å². The third-order valence-corrected chi connectivity index (χ3v) is 5.90. The van der Waals surface area contributed by atoms with E-state index in [1.807, 2.05) is 0 Å². The van der Waals surface area contributed by atoms with Gasteiger partial charge in [-0.25, -0.2) is 18.4 Å². The number of hydrogen-bond acceptors (Lipinski definition) is 6. The zero-order valence-corrected chi connectivity index (χ0v) is 16.5. The van der Waals surface area contributed by atoms with Crippen molar-refractivity contribution < 1.29 is 28.0 Å². The minimum atomic E-state index is -3.88. The molecule has 2 aromatic rings. The van der Waals surface area contributed by atoms with Crippen LogP contribution in [0.5, 0.6) is 0 Å². The molecule has 0 aromatic heterocycles. The van der Waals surface area contributed by atoms with Gasteiger partial charge in [-0.1, -0.05) is 18.2 Å². The van der Waals surface area contributed by atoms with Crippen LogP contribution >= 0.6 is 0 Å². The number of carboxylic acid groups (broad SMARTS) is 1. The van der Waals surface area contributed by atoms with Crippen molar-refractivity contribution in [2.75, 3.05) is 0 Å². The Morgan fingerprint density at radius 3 is 2.57 bits per heavy atom. The monoisotopic (exact) mass is 433 g/mol. The van der Waals surface area contributed by atoms with Gasteiger partial charge in [0.05, 0.1) is 9.82 Å². The van der Waals surface area contributed by atoms with Gasteiger partial charge >= 0.3 is 5.97 Å². The summed E-state index contributed by atoms with van der Waals surface area (Å²) in [6.45, 7) is -0.0516. The second kappa shape index (κ2) is 8.20. The molecular formula is C19H19N3O7S. The number of nitro groups is 1. The van der Waals surface area contributed by atoms with Gasteiger partial charge in [-0.15, -0.1) is 0 Å². The Morgan fingerprint density at radius 2 is 1.93 bits per heavy atom. The lowest BCUT2D eigenvalue weighted by atomic mass is 9.93. The maximum absolute atomic E-state index is 12.8. The molecule has 2 aromatic carbocycles. The van der Waals surface area contributed by atoms with E-state index in [0.717, 1.165) is 0 Å². The van der Waals surface area contributed by atoms with Crippen LogP contribution < -0.4 is 5.14 Å². The third-order valence-electron chi connectivity index (χ3n) is 4.99. The quantitative estimate of drug-likeness (QED) is 0.511. The van der Waals surface area contributed by atoms with Gasteiger partial charge in [0.1, 0.15) is 6.04 Å². The van der Waals surface area contributed by atoms with Gasteiger partial charge in [0.25, 0.3) is 5.69 Å². The highest BCUT2D eigenvalue weighted by Gasteiger charge is 2.35. The van der Waals surface area contributed by atoms with E-state index < -0.39 is 32.9 Å². The minimum absolute atomic E-state index is 0.0509. The number of nitrogens with zero attached hydrogens (tertiary/aromatic N) is 2. The molecule has 1 amide bonds. The smallest absolute Gasteiger partial charge is 0.326 e. The number of aryl methyl sites for hydroxylation is 1. The first-order chi connectivity index (χ1) is 14.1. The lowest BCUT2D eigenvalue weighted by molar-refractivity contribution is -0.385. The molecule has 11 heteroatoms. The first-order valence-electron chi connectivity index (χ1n) is 8.96. The molecule has 0 bridgehead atoms. The molecule has 0 saturated heterocycles. The van der Waals surface area contributed by atoms with Gasteiger partial charge in [-0.3, -0.25) is 14.9 Å². The number of primary sulfonamides is 1. The molecule has 1 aliphatic heterocycles. The number of hydrogen-bond donors (Lipinski definition) is 2. The molecule has 1 heterocycles. The molecule has 3 rings (SSSR count). The van der Waals surface area contributed by atoms with Crippen LogP contribution in [0.1, 0.15) is 23.1 Å². The van der Waals surface area contributed by atoms with E-state index in [2.05, 4.69) is 0 Å². The van der Waals surface area contributed by atoms with Crippen LogP contribution in [0, 0.1) is 10.1 Å². The van der Waals surface area contributed by atoms with E-state index in [1.165, 1.54) is 41.3 Å². The number of non-ortho nitro benzene ring substituents is 1. The van der Waals surface area contributed by atoms with Crippen LogP contribution in [0.3, 0.4) is 0 Å². The first kappa shape index (κ1) is 21.4. The summed E-state index contributed by atoms with van der Waals surface area (Å²) in [6.07, 6.45) is 0.185. The van der Waals surface area contributed by atoms with E-state index in [9.17, 15) is 33.2 Å². The number of sulfonamides is 1. The Hall–Kier alpha value is -3.31. The summed E-state index contributed by atoms with van der Waals surface area (Å²) in [5, 5.41) is 25.7. The summed E-state index contributed by atoms with van der Waals surface area (Å²) in [5.41, 5.74) is 1.62. The van der Waals surface area contributed by atoms with Crippen LogP contribution in [-0.4, -0.2) is 41.3 Å². The lowest BCUT2D eigenvalue weighted by Crippen LogP contribution is -2.48. The fourth-order valence-corrected chi connectivity index (χ4v) is 4.02. The number of amides is 1. The van der Waals surface area contributed by atoms with E-state index in [0.29, 0.717) is 16.7 Å². The second-order valence-electron chi connectivity index (χ2n) is 6.98. The topological polar surface area (TPSA) is 161 Å². The van der Waals surface area contributed by atoms with Crippen molar-refractivity contribution >= 4 is 27.6 Å². The maximum Gasteiger partial charge on any atom is 0.326 e. The molecule has 0 saturated carbocycles. The summed E-state index contributed by atoms with van der Waals surface area (Å²) in [5.74, 6) is -1.61. The summed E-state index contributed by atoms with van der Waals surface area (Å²) >= 11 is 0. The Balaban J connectivity index is 1.79. The number of rotatable bonds is 6. The Kier molecular flexibility index (Phi) is 5.85. The van der Waals surface area contributed by atoms with E-state index in [-0.39, 0.29) is 36.4 Å². The highest BCUT2D eigenvalue weighted by atomic mass is 32.2. The fraction of sp³-hybridized carbons (Fsp3) is 0.263. The van der Waals surface area contributed by atoms with Crippen LogP contribution in [-0.2, 0) is 39.0 Å². The average molecular weight is 433 g/mol. The normalized spacial score (nSPS) is 16.0. The first-order valence-corrected chi connectivity index (χ1v) is 10.5. The van der Waals surface area contributed by atoms with Crippen molar-refractivity contribution in [3.63, 3.8) is 0 Å². The molecule has 10 nitrogen and oxygen atoms in total. The zero-order valence-electron chi connectivity index (χ0n) is 15.7. The van der Waals surface area contributed by atoms with Crippen LogP contribution in [0.25, 0.3) is 0 Å². The van der Waals surface area contributed by atoms with Crippen molar-refractivity contribution in [1.29, 1.82) is 0 Å². The molecule has 1 aliphatic rings. The van der Waals surface area contributed by atoms with E-state index in [1.54, 1.807) is 6.07 Å². The zero-order chi connectivity index (χ0) is 22.1. The highest BCUT2D eigenvalue weighted by molar-refractivity contribution is 7.89. The van der Waals surface area contributed by atoms with Gasteiger partial charge in [-0.05, 0) is 35.2 Å². The average Bonchev–Trinajstić information content (AvgIpc) is 2.70. The summed E-state index contributed by atoms with van der Waals surface area (Å²) in [4.78, 5) is 36.1. The number of nitro benzene ring substituents is 1. The number of carbonyl (C=O) groups excluding carboxylic acids is 1. The second-order valence-corrected chi connectivity index (χ2v) is 8.54. The predicted octanol–water partition coefficient (Wildman–Crippen LogP) is 1.21. The fourth-order valence-electron chi connectivity index (χ4n) is 3.44. The SMILES string of the molecule is NS(=O)(=O)c1cccc(CCC(=O)N2Cc3cc([N+](=O)[O-])ccc3C[C@H]2C(=O)O)c1. The number of aliphatic carboxylic acids is 1. The number of benzene rings is 2. The molecule has 0 radical (unpaired) electrons. The Morgan fingerprint density at radius 1 is 1.20 bits per heavy atom. The highest BCUT2D eigenvalue weighted by Crippen LogP contribution is 2.28. The van der Waals surface area contributed by atoms with Crippen LogP contribution in [0.15, 0.2) is 47.4 Å². The van der Waals surface area contributed by atoms with Crippen molar-refractivity contribution in [1.82, 2.24) is 4.90 Å². The number of fused-ring (bicyclic) bond motifs is 1. The molecule has 30 heavy (non-hydrogen) atoms. The summed E-state index contributed by atoms with van der Waals surface area (Å²) in [7, 11) is -3.88. The number of carboxylic acids is 1. The molecule has 1 atom stereocenters. The van der Waals surface area contributed by atoms with Gasteiger partial charge in [0, 0.05) is 31.5 Å². The van der Waals surface area contributed by atoms with Gasteiger partial charge in [0.15, 0.2) is 0 Å². The van der Waals surface area contributed by atoms with Crippen LogP contribution in [0.2, 0.25) is 0 Å². The maximum atomic E-state index is 12.8. The Bertz CT molecular complexity index is 1130. The number of nitrogens with two attached hydrogens (primary N) is 1. The number of carbonyl (C=O) groups is 2. The predicted molar refractivity (Wildman–Crippen MR) is 105 cm³/mol. The summed E-state index contributed by atoms with van der Waals surface area (Å²) in [6, 6.07) is 8.96. The third kappa shape index (κ3) is 4.63. The van der Waals surface area contributed by atoms with Crippen molar-refractivity contribution in [2.45, 2.75) is 36.7 Å². The van der Waals surface area contributed by atoms with E-state index >= 15 is 0 Å². The molecule has 0 fully saturated rings. The molecule has 158 valence electrons. The molecule has 0 spiro atoms. The van der Waals surface area contributed by atoms with Crippen LogP contribution in [0.4, 0.5) is 5.69 Å². The van der Waals surface area contributed by atoms with E-state index in [4.69, 9.17) is 5.14 Å². The molecule has 0 unspecified atom stereocenters. The van der Waals surface area contributed by atoms with Crippen molar-refractivity contribution in [3.8, 4) is 0 Å². The lowest BCUT2D eigenvalue weighted by Gasteiger charge is -2.34.